The number of hydrazine groups is 1. The monoisotopic (exact) mass is 273 g/mol. The minimum absolute atomic E-state index is 0.0735. The van der Waals surface area contributed by atoms with Gasteiger partial charge in [-0.3, -0.25) is 14.9 Å². The molecule has 3 N–H and O–H groups in total. The molecule has 0 saturated heterocycles. The molecule has 0 spiro atoms. The lowest BCUT2D eigenvalue weighted by Gasteiger charge is -2.04. The molecule has 0 unspecified atom stereocenters. The highest BCUT2D eigenvalue weighted by atomic mass is 32.2. The summed E-state index contributed by atoms with van der Waals surface area (Å²) in [6.07, 6.45) is 1.29. The molecule has 0 aliphatic heterocycles. The standard InChI is InChI=1S/C8H11N5O4S/c1-17-5(14)2-3-18-8-6(13(15)16)7(12-9)10-4-11-8/h4H,2-3,9H2,1H3,(H,10,11,12). The maximum absolute atomic E-state index is 10.9. The van der Waals surface area contributed by atoms with E-state index >= 15 is 0 Å². The molecule has 0 aliphatic rings. The average Bonchev–Trinajstić information content (AvgIpc) is 2.37. The van der Waals surface area contributed by atoms with Crippen LogP contribution in [0.2, 0.25) is 0 Å². The van der Waals surface area contributed by atoms with E-state index in [-0.39, 0.29) is 23.0 Å². The number of anilines is 1. The summed E-state index contributed by atoms with van der Waals surface area (Å²) >= 11 is 1.06. The van der Waals surface area contributed by atoms with Crippen LogP contribution in [0.4, 0.5) is 11.5 Å². The van der Waals surface area contributed by atoms with Gasteiger partial charge in [0.2, 0.25) is 5.82 Å². The van der Waals surface area contributed by atoms with Crippen LogP contribution in [0.15, 0.2) is 11.4 Å². The number of ether oxygens (including phenoxy) is 1. The molecule has 1 heterocycles. The molecule has 1 aromatic heterocycles. The van der Waals surface area contributed by atoms with Gasteiger partial charge in [-0.1, -0.05) is 11.8 Å². The Morgan fingerprint density at radius 3 is 2.94 bits per heavy atom. The summed E-state index contributed by atoms with van der Waals surface area (Å²) in [5.41, 5.74) is 1.82. The number of esters is 1. The van der Waals surface area contributed by atoms with Gasteiger partial charge in [0.1, 0.15) is 6.33 Å². The van der Waals surface area contributed by atoms with E-state index in [0.717, 1.165) is 18.1 Å². The van der Waals surface area contributed by atoms with Gasteiger partial charge in [0.05, 0.1) is 18.5 Å². The Hall–Kier alpha value is -1.94. The van der Waals surface area contributed by atoms with Gasteiger partial charge in [-0.15, -0.1) is 0 Å². The number of hydrogen-bond donors (Lipinski definition) is 2. The summed E-state index contributed by atoms with van der Waals surface area (Å²) < 4.78 is 4.46. The molecule has 10 heteroatoms. The number of nitrogens with one attached hydrogen (secondary N) is 1. The van der Waals surface area contributed by atoms with Crippen molar-refractivity contribution in [1.82, 2.24) is 9.97 Å². The number of carbonyl (C=O) groups excluding carboxylic acids is 1. The number of carbonyl (C=O) groups is 1. The first-order valence-electron chi connectivity index (χ1n) is 4.75. The second-order valence-corrected chi connectivity index (χ2v) is 4.04. The third-order valence-corrected chi connectivity index (χ3v) is 2.86. The Bertz CT molecular complexity index is 455. The van der Waals surface area contributed by atoms with Crippen LogP contribution in [0, 0.1) is 10.1 Å². The summed E-state index contributed by atoms with van der Waals surface area (Å²) in [5, 5.41) is 11.0. The summed E-state index contributed by atoms with van der Waals surface area (Å²) in [5.74, 6) is 4.98. The fraction of sp³-hybridized carbons (Fsp3) is 0.375. The number of nitrogens with two attached hydrogens (primary N) is 1. The number of methoxy groups -OCH3 is 1. The lowest BCUT2D eigenvalue weighted by molar-refractivity contribution is -0.387. The van der Waals surface area contributed by atoms with Gasteiger partial charge in [0, 0.05) is 5.75 Å². The highest BCUT2D eigenvalue weighted by molar-refractivity contribution is 7.99. The quantitative estimate of drug-likeness (QED) is 0.188. The van der Waals surface area contributed by atoms with E-state index in [2.05, 4.69) is 20.1 Å². The third kappa shape index (κ3) is 3.53. The van der Waals surface area contributed by atoms with Gasteiger partial charge in [0.15, 0.2) is 5.03 Å². The van der Waals surface area contributed by atoms with Crippen molar-refractivity contribution in [2.24, 2.45) is 5.84 Å². The summed E-state index contributed by atoms with van der Waals surface area (Å²) in [4.78, 5) is 28.6. The zero-order valence-corrected chi connectivity index (χ0v) is 10.3. The molecular weight excluding hydrogens is 262 g/mol. The third-order valence-electron chi connectivity index (χ3n) is 1.88. The van der Waals surface area contributed by atoms with Crippen molar-refractivity contribution in [2.75, 3.05) is 18.3 Å². The molecular formula is C8H11N5O4S. The maximum Gasteiger partial charge on any atom is 0.344 e. The van der Waals surface area contributed by atoms with E-state index in [1.165, 1.54) is 7.11 Å². The first-order valence-corrected chi connectivity index (χ1v) is 5.74. The highest BCUT2D eigenvalue weighted by Gasteiger charge is 2.22. The van der Waals surface area contributed by atoms with Crippen LogP contribution in [-0.2, 0) is 9.53 Å². The molecule has 1 rings (SSSR count). The molecule has 0 amide bonds. The fourth-order valence-corrected chi connectivity index (χ4v) is 1.96. The predicted octanol–water partition coefficient (Wildman–Crippen LogP) is 0.326. The zero-order valence-electron chi connectivity index (χ0n) is 9.45. The van der Waals surface area contributed by atoms with Crippen molar-refractivity contribution < 1.29 is 14.5 Å². The molecule has 0 saturated carbocycles. The minimum atomic E-state index is -0.629. The summed E-state index contributed by atoms with van der Waals surface area (Å²) in [6.45, 7) is 0. The molecule has 18 heavy (non-hydrogen) atoms. The second-order valence-electron chi connectivity index (χ2n) is 2.95. The molecule has 0 bridgehead atoms. The van der Waals surface area contributed by atoms with Gasteiger partial charge in [-0.2, -0.15) is 0 Å². The van der Waals surface area contributed by atoms with Crippen molar-refractivity contribution >= 4 is 29.2 Å². The summed E-state index contributed by atoms with van der Waals surface area (Å²) in [6, 6.07) is 0. The van der Waals surface area contributed by atoms with Crippen LogP contribution in [0.3, 0.4) is 0 Å². The molecule has 0 aliphatic carbocycles. The van der Waals surface area contributed by atoms with Crippen LogP contribution in [0.1, 0.15) is 6.42 Å². The normalized spacial score (nSPS) is 9.89. The number of aromatic nitrogens is 2. The summed E-state index contributed by atoms with van der Waals surface area (Å²) in [7, 11) is 1.27. The second kappa shape index (κ2) is 6.71. The number of rotatable bonds is 6. The number of nitro groups is 1. The Balaban J connectivity index is 2.82. The fourth-order valence-electron chi connectivity index (χ4n) is 1.07. The minimum Gasteiger partial charge on any atom is -0.469 e. The zero-order chi connectivity index (χ0) is 13.5. The van der Waals surface area contributed by atoms with Gasteiger partial charge < -0.3 is 10.2 Å². The number of hydrogen-bond acceptors (Lipinski definition) is 9. The molecule has 0 atom stereocenters. The van der Waals surface area contributed by atoms with Crippen LogP contribution in [0.5, 0.6) is 0 Å². The first-order chi connectivity index (χ1) is 8.60. The topological polar surface area (TPSA) is 133 Å². The van der Waals surface area contributed by atoms with Gasteiger partial charge in [-0.25, -0.2) is 15.8 Å². The molecule has 98 valence electrons. The van der Waals surface area contributed by atoms with Crippen LogP contribution in [0.25, 0.3) is 0 Å². The van der Waals surface area contributed by atoms with Crippen LogP contribution < -0.4 is 11.3 Å². The number of nitrogen functional groups attached to an aromatic ring is 1. The average molecular weight is 273 g/mol. The Morgan fingerprint density at radius 1 is 1.67 bits per heavy atom. The lowest BCUT2D eigenvalue weighted by Crippen LogP contribution is -2.12. The van der Waals surface area contributed by atoms with E-state index in [0.29, 0.717) is 5.75 Å². The molecule has 0 fully saturated rings. The van der Waals surface area contributed by atoms with Gasteiger partial charge >= 0.3 is 11.7 Å². The first kappa shape index (κ1) is 14.1. The molecule has 9 nitrogen and oxygen atoms in total. The van der Waals surface area contributed by atoms with E-state index < -0.39 is 10.9 Å². The van der Waals surface area contributed by atoms with Crippen LogP contribution in [-0.4, -0.2) is 33.7 Å². The number of nitrogens with zero attached hydrogens (tertiary/aromatic N) is 3. The maximum atomic E-state index is 10.9. The lowest BCUT2D eigenvalue weighted by atomic mass is 10.5. The predicted molar refractivity (Wildman–Crippen MR) is 63.9 cm³/mol. The van der Waals surface area contributed by atoms with Crippen molar-refractivity contribution in [3.05, 3.63) is 16.4 Å². The van der Waals surface area contributed by atoms with Crippen molar-refractivity contribution in [1.29, 1.82) is 0 Å². The Kier molecular flexibility index (Phi) is 5.27. The van der Waals surface area contributed by atoms with Crippen LogP contribution >= 0.6 is 11.8 Å². The Labute approximate surface area is 106 Å². The van der Waals surface area contributed by atoms with E-state index in [1.54, 1.807) is 0 Å². The molecule has 0 radical (unpaired) electrons. The largest absolute Gasteiger partial charge is 0.469 e. The van der Waals surface area contributed by atoms with E-state index in [4.69, 9.17) is 5.84 Å². The van der Waals surface area contributed by atoms with Crippen molar-refractivity contribution in [3.8, 4) is 0 Å². The molecule has 0 aromatic carbocycles. The highest BCUT2D eigenvalue weighted by Crippen LogP contribution is 2.31. The van der Waals surface area contributed by atoms with E-state index in [1.807, 2.05) is 0 Å². The van der Waals surface area contributed by atoms with E-state index in [9.17, 15) is 14.9 Å². The van der Waals surface area contributed by atoms with Crippen molar-refractivity contribution in [3.63, 3.8) is 0 Å². The van der Waals surface area contributed by atoms with Gasteiger partial charge in [0.25, 0.3) is 0 Å². The van der Waals surface area contributed by atoms with Gasteiger partial charge in [-0.05, 0) is 0 Å². The Morgan fingerprint density at radius 2 is 2.39 bits per heavy atom. The van der Waals surface area contributed by atoms with Crippen molar-refractivity contribution in [2.45, 2.75) is 11.4 Å². The number of thioether (sulfide) groups is 1. The SMILES string of the molecule is COC(=O)CCSc1ncnc(NN)c1[N+](=O)[O-]. The molecule has 1 aromatic rings. The smallest absolute Gasteiger partial charge is 0.344 e.